The van der Waals surface area contributed by atoms with Gasteiger partial charge in [0.2, 0.25) is 0 Å². The van der Waals surface area contributed by atoms with Crippen molar-refractivity contribution in [1.29, 1.82) is 0 Å². The highest BCUT2D eigenvalue weighted by Gasteiger charge is 2.16. The van der Waals surface area contributed by atoms with Crippen LogP contribution < -0.4 is 10.6 Å². The highest BCUT2D eigenvalue weighted by Crippen LogP contribution is 2.24. The lowest BCUT2D eigenvalue weighted by Gasteiger charge is -2.21. The molecule has 0 unspecified atom stereocenters. The van der Waals surface area contributed by atoms with Gasteiger partial charge >= 0.3 is 6.03 Å². The number of rotatable bonds is 3. The van der Waals surface area contributed by atoms with Crippen LogP contribution >= 0.6 is 11.6 Å². The first-order valence-corrected chi connectivity index (χ1v) is 5.77. The van der Waals surface area contributed by atoms with Crippen LogP contribution in [0.3, 0.4) is 0 Å². The van der Waals surface area contributed by atoms with Crippen molar-refractivity contribution in [2.45, 2.75) is 6.54 Å². The van der Waals surface area contributed by atoms with Crippen LogP contribution in [0.15, 0.2) is 48.7 Å². The molecule has 2 amide bonds. The Bertz CT molecular complexity index is 545. The highest BCUT2D eigenvalue weighted by molar-refractivity contribution is 6.32. The van der Waals surface area contributed by atoms with Gasteiger partial charge in [0.05, 0.1) is 12.2 Å². The van der Waals surface area contributed by atoms with Crippen LogP contribution in [0, 0.1) is 0 Å². The second-order valence-electron chi connectivity index (χ2n) is 3.72. The fourth-order valence-electron chi connectivity index (χ4n) is 1.63. The maximum absolute atomic E-state index is 11.5. The van der Waals surface area contributed by atoms with Crippen molar-refractivity contribution in [2.75, 3.05) is 4.90 Å². The van der Waals surface area contributed by atoms with E-state index in [1.807, 2.05) is 30.3 Å². The lowest BCUT2D eigenvalue weighted by atomic mass is 10.2. The molecule has 0 aliphatic heterocycles. The SMILES string of the molecule is NC(=O)N(Cc1ccccc1)c1cccnc1Cl. The van der Waals surface area contributed by atoms with Crippen molar-refractivity contribution in [3.8, 4) is 0 Å². The van der Waals surface area contributed by atoms with Crippen molar-refractivity contribution in [1.82, 2.24) is 4.98 Å². The van der Waals surface area contributed by atoms with E-state index in [1.54, 1.807) is 18.3 Å². The summed E-state index contributed by atoms with van der Waals surface area (Å²) in [7, 11) is 0. The maximum Gasteiger partial charge on any atom is 0.319 e. The van der Waals surface area contributed by atoms with E-state index in [0.29, 0.717) is 12.2 Å². The predicted octanol–water partition coefficient (Wildman–Crippen LogP) is 2.82. The van der Waals surface area contributed by atoms with Crippen LogP contribution in [-0.4, -0.2) is 11.0 Å². The van der Waals surface area contributed by atoms with E-state index in [9.17, 15) is 4.79 Å². The third kappa shape index (κ3) is 2.78. The number of benzene rings is 1. The Morgan fingerprint density at radius 3 is 2.56 bits per heavy atom. The number of carbonyl (C=O) groups excluding carboxylic acids is 1. The van der Waals surface area contributed by atoms with Crippen molar-refractivity contribution in [3.63, 3.8) is 0 Å². The molecule has 0 saturated heterocycles. The van der Waals surface area contributed by atoms with Crippen LogP contribution in [0.4, 0.5) is 10.5 Å². The molecule has 1 aromatic heterocycles. The van der Waals surface area contributed by atoms with E-state index in [2.05, 4.69) is 4.98 Å². The molecule has 1 heterocycles. The summed E-state index contributed by atoms with van der Waals surface area (Å²) < 4.78 is 0. The Hall–Kier alpha value is -2.07. The van der Waals surface area contributed by atoms with Gasteiger partial charge in [0.15, 0.2) is 5.15 Å². The van der Waals surface area contributed by atoms with Gasteiger partial charge in [0, 0.05) is 6.20 Å². The lowest BCUT2D eigenvalue weighted by molar-refractivity contribution is 0.253. The number of aromatic nitrogens is 1. The second kappa shape index (κ2) is 5.51. The molecule has 0 radical (unpaired) electrons. The molecular weight excluding hydrogens is 250 g/mol. The number of primary amides is 1. The molecule has 5 heteroatoms. The molecule has 1 aromatic carbocycles. The quantitative estimate of drug-likeness (QED) is 0.864. The lowest BCUT2D eigenvalue weighted by Crippen LogP contribution is -2.35. The first kappa shape index (κ1) is 12.4. The molecule has 4 nitrogen and oxygen atoms in total. The van der Waals surface area contributed by atoms with E-state index in [-0.39, 0.29) is 5.15 Å². The maximum atomic E-state index is 11.5. The summed E-state index contributed by atoms with van der Waals surface area (Å²) in [6.45, 7) is 0.363. The fourth-order valence-corrected chi connectivity index (χ4v) is 1.85. The van der Waals surface area contributed by atoms with Gasteiger partial charge in [-0.15, -0.1) is 0 Å². The Morgan fingerprint density at radius 1 is 1.22 bits per heavy atom. The summed E-state index contributed by atoms with van der Waals surface area (Å²) in [5.41, 5.74) is 6.86. The van der Waals surface area contributed by atoms with Gasteiger partial charge in [-0.05, 0) is 17.7 Å². The van der Waals surface area contributed by atoms with E-state index in [4.69, 9.17) is 17.3 Å². The van der Waals surface area contributed by atoms with Gasteiger partial charge in [-0.1, -0.05) is 41.9 Å². The number of hydrogen-bond acceptors (Lipinski definition) is 2. The summed E-state index contributed by atoms with van der Waals surface area (Å²) >= 11 is 5.97. The minimum Gasteiger partial charge on any atom is -0.351 e. The molecule has 0 saturated carbocycles. The van der Waals surface area contributed by atoms with Gasteiger partial charge in [0.1, 0.15) is 0 Å². The number of nitrogens with two attached hydrogens (primary N) is 1. The van der Waals surface area contributed by atoms with Gasteiger partial charge in [0.25, 0.3) is 0 Å². The summed E-state index contributed by atoms with van der Waals surface area (Å²) in [4.78, 5) is 16.9. The zero-order chi connectivity index (χ0) is 13.0. The summed E-state index contributed by atoms with van der Waals surface area (Å²) in [5, 5.41) is 0.257. The number of carbonyl (C=O) groups is 1. The molecule has 92 valence electrons. The minimum absolute atomic E-state index is 0.257. The molecule has 0 bridgehead atoms. The third-order valence-electron chi connectivity index (χ3n) is 2.48. The van der Waals surface area contributed by atoms with Gasteiger partial charge in [-0.25, -0.2) is 9.78 Å². The second-order valence-corrected chi connectivity index (χ2v) is 4.08. The Morgan fingerprint density at radius 2 is 1.94 bits per heavy atom. The van der Waals surface area contributed by atoms with Crippen LogP contribution in [0.2, 0.25) is 5.15 Å². The molecule has 0 atom stereocenters. The first-order valence-electron chi connectivity index (χ1n) is 5.40. The number of nitrogens with zero attached hydrogens (tertiary/aromatic N) is 2. The number of halogens is 1. The van der Waals surface area contributed by atoms with Crippen LogP contribution in [0.5, 0.6) is 0 Å². The van der Waals surface area contributed by atoms with Crippen LogP contribution in [0.25, 0.3) is 0 Å². The van der Waals surface area contributed by atoms with E-state index >= 15 is 0 Å². The highest BCUT2D eigenvalue weighted by atomic mass is 35.5. The molecule has 0 aliphatic rings. The topological polar surface area (TPSA) is 59.2 Å². The third-order valence-corrected chi connectivity index (χ3v) is 2.77. The van der Waals surface area contributed by atoms with Crippen LogP contribution in [-0.2, 0) is 6.54 Å². The molecule has 2 aromatic rings. The number of anilines is 1. The largest absolute Gasteiger partial charge is 0.351 e. The number of hydrogen-bond donors (Lipinski definition) is 1. The average molecular weight is 262 g/mol. The molecule has 0 fully saturated rings. The summed E-state index contributed by atoms with van der Waals surface area (Å²) in [5.74, 6) is 0. The number of pyridine rings is 1. The Balaban J connectivity index is 2.30. The summed E-state index contributed by atoms with van der Waals surface area (Å²) in [6, 6.07) is 12.4. The van der Waals surface area contributed by atoms with Crippen molar-refractivity contribution in [2.24, 2.45) is 5.73 Å². The van der Waals surface area contributed by atoms with E-state index in [0.717, 1.165) is 5.56 Å². The average Bonchev–Trinajstić information content (AvgIpc) is 2.38. The van der Waals surface area contributed by atoms with Crippen molar-refractivity contribution >= 4 is 23.3 Å². The Kier molecular flexibility index (Phi) is 3.79. The zero-order valence-electron chi connectivity index (χ0n) is 9.58. The predicted molar refractivity (Wildman–Crippen MR) is 71.5 cm³/mol. The molecule has 2 N–H and O–H groups in total. The molecule has 0 spiro atoms. The van der Waals surface area contributed by atoms with Gasteiger partial charge in [-0.2, -0.15) is 0 Å². The number of amides is 2. The fraction of sp³-hybridized carbons (Fsp3) is 0.0769. The van der Waals surface area contributed by atoms with Crippen LogP contribution in [0.1, 0.15) is 5.56 Å². The molecule has 18 heavy (non-hydrogen) atoms. The molecule has 2 rings (SSSR count). The normalized spacial score (nSPS) is 10.1. The van der Waals surface area contributed by atoms with Gasteiger partial charge < -0.3 is 5.73 Å². The van der Waals surface area contributed by atoms with Gasteiger partial charge in [-0.3, -0.25) is 4.90 Å². The molecule has 0 aliphatic carbocycles. The van der Waals surface area contributed by atoms with E-state index < -0.39 is 6.03 Å². The zero-order valence-corrected chi connectivity index (χ0v) is 10.3. The monoisotopic (exact) mass is 261 g/mol. The van der Waals surface area contributed by atoms with Crippen molar-refractivity contribution < 1.29 is 4.79 Å². The summed E-state index contributed by atoms with van der Waals surface area (Å²) in [6.07, 6.45) is 1.56. The number of urea groups is 1. The standard InChI is InChI=1S/C13H12ClN3O/c14-12-11(7-4-8-16-12)17(13(15)18)9-10-5-2-1-3-6-10/h1-8H,9H2,(H2,15,18). The minimum atomic E-state index is -0.561. The van der Waals surface area contributed by atoms with E-state index in [1.165, 1.54) is 4.90 Å². The molecular formula is C13H12ClN3O. The van der Waals surface area contributed by atoms with Crippen molar-refractivity contribution in [3.05, 3.63) is 59.4 Å². The first-order chi connectivity index (χ1) is 8.68. The smallest absolute Gasteiger partial charge is 0.319 e. The Labute approximate surface area is 110 Å².